The third-order valence-corrected chi connectivity index (χ3v) is 8.20. The molecular formula is C8H16O5S2. The predicted octanol–water partition coefficient (Wildman–Crippen LogP) is -0.0308. The average Bonchev–Trinajstić information content (AvgIpc) is 2.00. The fourth-order valence-corrected chi connectivity index (χ4v) is 6.98. The van der Waals surface area contributed by atoms with Crippen molar-refractivity contribution in [1.82, 2.24) is 0 Å². The van der Waals surface area contributed by atoms with Gasteiger partial charge in [-0.15, -0.1) is 0 Å². The first-order valence-electron chi connectivity index (χ1n) is 4.60. The van der Waals surface area contributed by atoms with Crippen LogP contribution in [0.15, 0.2) is 0 Å². The van der Waals surface area contributed by atoms with Crippen molar-refractivity contribution in [3.05, 3.63) is 0 Å². The van der Waals surface area contributed by atoms with Gasteiger partial charge in [0, 0.05) is 12.9 Å². The van der Waals surface area contributed by atoms with E-state index >= 15 is 0 Å². The highest BCUT2D eigenvalue weighted by Crippen LogP contribution is 2.44. The van der Waals surface area contributed by atoms with Crippen molar-refractivity contribution >= 4 is 19.7 Å². The molecule has 2 atom stereocenters. The standard InChI is InChI=1S/C8H16O5S2/c1-5-13-6-7(14(4,9)10)15(11,12)8(6,2)3/h6-7H,5H2,1-4H3. The van der Waals surface area contributed by atoms with E-state index in [4.69, 9.17) is 4.74 Å². The first-order chi connectivity index (χ1) is 6.56. The second kappa shape index (κ2) is 3.43. The minimum absolute atomic E-state index is 0.301. The molecule has 0 aliphatic carbocycles. The Morgan fingerprint density at radius 2 is 1.80 bits per heavy atom. The molecule has 1 saturated heterocycles. The van der Waals surface area contributed by atoms with Crippen molar-refractivity contribution in [2.24, 2.45) is 0 Å². The molecule has 0 aromatic heterocycles. The lowest BCUT2D eigenvalue weighted by Gasteiger charge is -2.48. The topological polar surface area (TPSA) is 77.5 Å². The van der Waals surface area contributed by atoms with Gasteiger partial charge in [-0.1, -0.05) is 0 Å². The van der Waals surface area contributed by atoms with Crippen LogP contribution in [-0.4, -0.2) is 45.1 Å². The molecule has 7 heteroatoms. The van der Waals surface area contributed by atoms with E-state index in [2.05, 4.69) is 0 Å². The summed E-state index contributed by atoms with van der Waals surface area (Å²) in [5, 5.41) is 0. The second-order valence-electron chi connectivity index (χ2n) is 4.22. The van der Waals surface area contributed by atoms with Gasteiger partial charge in [-0.3, -0.25) is 0 Å². The van der Waals surface area contributed by atoms with Gasteiger partial charge in [-0.2, -0.15) is 0 Å². The Kier molecular flexibility index (Phi) is 2.95. The van der Waals surface area contributed by atoms with Gasteiger partial charge in [0.15, 0.2) is 24.3 Å². The SMILES string of the molecule is CCOC1C(S(C)(=O)=O)S(=O)(=O)C1(C)C. The Morgan fingerprint density at radius 3 is 2.13 bits per heavy atom. The molecule has 1 fully saturated rings. The third-order valence-electron chi connectivity index (χ3n) is 2.74. The lowest BCUT2D eigenvalue weighted by Crippen LogP contribution is -2.69. The molecule has 0 aromatic carbocycles. The maximum Gasteiger partial charge on any atom is 0.190 e. The van der Waals surface area contributed by atoms with Crippen LogP contribution >= 0.6 is 0 Å². The first-order valence-corrected chi connectivity index (χ1v) is 8.10. The van der Waals surface area contributed by atoms with Crippen LogP contribution in [0.4, 0.5) is 0 Å². The van der Waals surface area contributed by atoms with Crippen LogP contribution in [0.1, 0.15) is 20.8 Å². The monoisotopic (exact) mass is 256 g/mol. The number of hydrogen-bond donors (Lipinski definition) is 0. The Balaban J connectivity index is 3.19. The number of ether oxygens (including phenoxy) is 1. The molecule has 1 aliphatic rings. The molecule has 0 bridgehead atoms. The van der Waals surface area contributed by atoms with Crippen molar-refractivity contribution in [2.45, 2.75) is 36.2 Å². The molecule has 5 nitrogen and oxygen atoms in total. The molecule has 0 N–H and O–H groups in total. The zero-order valence-corrected chi connectivity index (χ0v) is 10.9. The average molecular weight is 256 g/mol. The van der Waals surface area contributed by atoms with Gasteiger partial charge < -0.3 is 4.74 Å². The summed E-state index contributed by atoms with van der Waals surface area (Å²) in [4.78, 5) is 0. The smallest absolute Gasteiger partial charge is 0.190 e. The van der Waals surface area contributed by atoms with E-state index in [9.17, 15) is 16.8 Å². The summed E-state index contributed by atoms with van der Waals surface area (Å²) in [7, 11) is -7.27. The van der Waals surface area contributed by atoms with Crippen LogP contribution in [0.3, 0.4) is 0 Å². The maximum atomic E-state index is 11.7. The van der Waals surface area contributed by atoms with Crippen LogP contribution in [0.5, 0.6) is 0 Å². The van der Waals surface area contributed by atoms with Gasteiger partial charge in [0.2, 0.25) is 0 Å². The van der Waals surface area contributed by atoms with Gasteiger partial charge in [0.05, 0.1) is 4.75 Å². The van der Waals surface area contributed by atoms with Crippen LogP contribution in [0.25, 0.3) is 0 Å². The van der Waals surface area contributed by atoms with Crippen LogP contribution in [-0.2, 0) is 24.4 Å². The predicted molar refractivity (Wildman–Crippen MR) is 57.0 cm³/mol. The Labute approximate surface area is 90.7 Å². The first kappa shape index (κ1) is 12.9. The second-order valence-corrected chi connectivity index (χ2v) is 9.34. The number of hydrogen-bond acceptors (Lipinski definition) is 5. The molecular weight excluding hydrogens is 240 g/mol. The van der Waals surface area contributed by atoms with E-state index in [1.165, 1.54) is 13.8 Å². The summed E-state index contributed by atoms with van der Waals surface area (Å²) in [6, 6.07) is 0. The van der Waals surface area contributed by atoms with Crippen LogP contribution in [0.2, 0.25) is 0 Å². The summed E-state index contributed by atoms with van der Waals surface area (Å²) in [5.41, 5.74) is 0. The molecule has 15 heavy (non-hydrogen) atoms. The maximum absolute atomic E-state index is 11.7. The molecule has 2 unspecified atom stereocenters. The van der Waals surface area contributed by atoms with Gasteiger partial charge in [0.1, 0.15) is 6.10 Å². The molecule has 0 amide bonds. The number of sulfone groups is 2. The van der Waals surface area contributed by atoms with E-state index in [0.717, 1.165) is 6.26 Å². The Morgan fingerprint density at radius 1 is 1.33 bits per heavy atom. The minimum Gasteiger partial charge on any atom is -0.374 e. The van der Waals surface area contributed by atoms with Gasteiger partial charge in [0.25, 0.3) is 0 Å². The highest BCUT2D eigenvalue weighted by Gasteiger charge is 2.66. The summed E-state index contributed by atoms with van der Waals surface area (Å²) in [6.07, 6.45) is 0.165. The van der Waals surface area contributed by atoms with E-state index in [1.54, 1.807) is 6.92 Å². The van der Waals surface area contributed by atoms with Crippen molar-refractivity contribution in [2.75, 3.05) is 12.9 Å². The molecule has 0 radical (unpaired) electrons. The largest absolute Gasteiger partial charge is 0.374 e. The van der Waals surface area contributed by atoms with Gasteiger partial charge >= 0.3 is 0 Å². The van der Waals surface area contributed by atoms with Crippen molar-refractivity contribution in [1.29, 1.82) is 0 Å². The molecule has 90 valence electrons. The molecule has 1 rings (SSSR count). The number of rotatable bonds is 3. The highest BCUT2D eigenvalue weighted by atomic mass is 32.3. The zero-order valence-electron chi connectivity index (χ0n) is 9.22. The summed E-state index contributed by atoms with van der Waals surface area (Å²) < 4.78 is 48.9. The van der Waals surface area contributed by atoms with Crippen molar-refractivity contribution < 1.29 is 21.6 Å². The molecule has 0 spiro atoms. The fraction of sp³-hybridized carbons (Fsp3) is 1.00. The van der Waals surface area contributed by atoms with E-state index in [1.807, 2.05) is 0 Å². The van der Waals surface area contributed by atoms with E-state index in [0.29, 0.717) is 6.61 Å². The van der Waals surface area contributed by atoms with Crippen molar-refractivity contribution in [3.63, 3.8) is 0 Å². The third kappa shape index (κ3) is 1.70. The minimum atomic E-state index is -3.64. The van der Waals surface area contributed by atoms with Crippen LogP contribution < -0.4 is 0 Å². The van der Waals surface area contributed by atoms with Gasteiger partial charge in [-0.05, 0) is 20.8 Å². The van der Waals surface area contributed by atoms with Gasteiger partial charge in [-0.25, -0.2) is 16.8 Å². The Hall–Kier alpha value is -0.140. The molecule has 1 heterocycles. The molecule has 0 saturated carbocycles. The zero-order chi connectivity index (χ0) is 12.1. The molecule has 0 aromatic rings. The summed E-state index contributed by atoms with van der Waals surface area (Å²) in [5.74, 6) is 0. The van der Waals surface area contributed by atoms with Crippen LogP contribution in [0, 0.1) is 0 Å². The summed E-state index contributed by atoms with van der Waals surface area (Å²) >= 11 is 0. The lowest BCUT2D eigenvalue weighted by molar-refractivity contribution is 0.0319. The lowest BCUT2D eigenvalue weighted by atomic mass is 10.1. The fourth-order valence-electron chi connectivity index (χ4n) is 1.79. The normalized spacial score (nSPS) is 33.3. The van der Waals surface area contributed by atoms with Crippen molar-refractivity contribution in [3.8, 4) is 0 Å². The quantitative estimate of drug-likeness (QED) is 0.708. The molecule has 1 aliphatic heterocycles. The highest BCUT2D eigenvalue weighted by molar-refractivity contribution is 8.10. The van der Waals surface area contributed by atoms with E-state index in [-0.39, 0.29) is 0 Å². The summed E-state index contributed by atoms with van der Waals surface area (Å²) in [6.45, 7) is 4.99. The Bertz CT molecular complexity index is 445. The van der Waals surface area contributed by atoms with E-state index < -0.39 is 35.1 Å².